The second-order valence-corrected chi connectivity index (χ2v) is 8.71. The molecule has 13 nitrogen and oxygen atoms in total. The van der Waals surface area contributed by atoms with Crippen LogP contribution in [0.5, 0.6) is 0 Å². The van der Waals surface area contributed by atoms with Gasteiger partial charge >= 0.3 is 6.03 Å². The summed E-state index contributed by atoms with van der Waals surface area (Å²) in [6, 6.07) is 6.68. The van der Waals surface area contributed by atoms with Gasteiger partial charge in [0.1, 0.15) is 23.4 Å². The van der Waals surface area contributed by atoms with E-state index in [0.29, 0.717) is 55.5 Å². The SMILES string of the molecule is COCCNc1cc(NC(=O)N(C)c2ccc(CN3CCN(C)CC3=O)c(C(OC)OC)n2)ncc1C#N. The van der Waals surface area contributed by atoms with Crippen LogP contribution in [0.4, 0.5) is 22.1 Å². The number of aromatic nitrogens is 2. The molecule has 0 bridgehead atoms. The van der Waals surface area contributed by atoms with Crippen molar-refractivity contribution in [3.63, 3.8) is 0 Å². The summed E-state index contributed by atoms with van der Waals surface area (Å²) in [5.41, 5.74) is 2.11. The molecular weight excluding hydrogens is 492 g/mol. The maximum atomic E-state index is 13.0. The molecule has 1 saturated heterocycles. The minimum Gasteiger partial charge on any atom is -0.383 e. The molecule has 38 heavy (non-hydrogen) atoms. The molecule has 3 rings (SSSR count). The molecule has 3 amide bonds. The van der Waals surface area contributed by atoms with Crippen molar-refractivity contribution in [1.29, 1.82) is 5.26 Å². The maximum absolute atomic E-state index is 13.0. The third-order valence-corrected chi connectivity index (χ3v) is 6.05. The second-order valence-electron chi connectivity index (χ2n) is 8.71. The lowest BCUT2D eigenvalue weighted by Gasteiger charge is -2.33. The fourth-order valence-corrected chi connectivity index (χ4v) is 3.88. The Morgan fingerprint density at radius 3 is 2.68 bits per heavy atom. The minimum absolute atomic E-state index is 0.0302. The van der Waals surface area contributed by atoms with Gasteiger partial charge in [0.2, 0.25) is 12.2 Å². The number of carbonyl (C=O) groups excluding carboxylic acids is 2. The van der Waals surface area contributed by atoms with E-state index in [1.54, 1.807) is 31.2 Å². The zero-order chi connectivity index (χ0) is 27.7. The van der Waals surface area contributed by atoms with Gasteiger partial charge in [-0.25, -0.2) is 14.8 Å². The zero-order valence-corrected chi connectivity index (χ0v) is 22.4. The van der Waals surface area contributed by atoms with Crippen molar-refractivity contribution >= 4 is 29.3 Å². The number of ether oxygens (including phenoxy) is 3. The van der Waals surface area contributed by atoms with Gasteiger partial charge in [-0.1, -0.05) is 6.07 Å². The van der Waals surface area contributed by atoms with Crippen LogP contribution in [-0.2, 0) is 25.5 Å². The van der Waals surface area contributed by atoms with Crippen molar-refractivity contribution < 1.29 is 23.8 Å². The summed E-state index contributed by atoms with van der Waals surface area (Å²) in [6.07, 6.45) is 0.599. The number of rotatable bonds is 11. The number of urea groups is 1. The second kappa shape index (κ2) is 13.6. The van der Waals surface area contributed by atoms with Gasteiger partial charge < -0.3 is 24.4 Å². The largest absolute Gasteiger partial charge is 0.383 e. The first-order valence-electron chi connectivity index (χ1n) is 12.0. The lowest BCUT2D eigenvalue weighted by Crippen LogP contribution is -2.48. The number of pyridine rings is 2. The van der Waals surface area contributed by atoms with Gasteiger partial charge in [0.05, 0.1) is 24.4 Å². The van der Waals surface area contributed by atoms with Crippen LogP contribution in [0.2, 0.25) is 0 Å². The highest BCUT2D eigenvalue weighted by molar-refractivity contribution is 6.00. The van der Waals surface area contributed by atoms with E-state index in [0.717, 1.165) is 12.1 Å². The standard InChI is InChI=1S/C25H34N8O5/c1-31-9-10-33(22(34)16-31)15-17-6-7-21(30-23(17)24(37-4)38-5)32(2)25(35)29-20-12-19(27-8-11-36-3)18(13-26)14-28-20/h6-7,12,14,24H,8-11,15-16H2,1-5H3,(H2,27,28,29,35). The average Bonchev–Trinajstić information content (AvgIpc) is 2.91. The van der Waals surface area contributed by atoms with Crippen molar-refractivity contribution in [2.24, 2.45) is 0 Å². The number of amides is 3. The molecule has 3 heterocycles. The normalized spacial score (nSPS) is 13.9. The van der Waals surface area contributed by atoms with Crippen LogP contribution in [0, 0.1) is 11.3 Å². The van der Waals surface area contributed by atoms with Crippen molar-refractivity contribution in [2.75, 3.05) is 83.7 Å². The highest BCUT2D eigenvalue weighted by Gasteiger charge is 2.26. The van der Waals surface area contributed by atoms with Crippen LogP contribution < -0.4 is 15.5 Å². The zero-order valence-electron chi connectivity index (χ0n) is 22.4. The Hall–Kier alpha value is -3.83. The minimum atomic E-state index is -0.787. The molecule has 0 radical (unpaired) electrons. The Bertz CT molecular complexity index is 1170. The van der Waals surface area contributed by atoms with Crippen LogP contribution in [0.3, 0.4) is 0 Å². The van der Waals surface area contributed by atoms with Gasteiger partial charge in [-0.2, -0.15) is 5.26 Å². The molecular formula is C25H34N8O5. The molecule has 1 aliphatic heterocycles. The molecule has 0 spiro atoms. The molecule has 2 N–H and O–H groups in total. The topological polar surface area (TPSA) is 145 Å². The van der Waals surface area contributed by atoms with E-state index in [9.17, 15) is 14.9 Å². The molecule has 2 aromatic heterocycles. The number of nitrogens with zero attached hydrogens (tertiary/aromatic N) is 6. The first-order chi connectivity index (χ1) is 18.3. The summed E-state index contributed by atoms with van der Waals surface area (Å²) in [6.45, 7) is 3.02. The molecule has 0 aliphatic carbocycles. The molecule has 2 aromatic rings. The Kier molecular flexibility index (Phi) is 10.3. The summed E-state index contributed by atoms with van der Waals surface area (Å²) >= 11 is 0. The smallest absolute Gasteiger partial charge is 0.328 e. The van der Waals surface area contributed by atoms with E-state index in [4.69, 9.17) is 14.2 Å². The van der Waals surface area contributed by atoms with Gasteiger partial charge in [0.25, 0.3) is 0 Å². The van der Waals surface area contributed by atoms with Gasteiger partial charge in [-0.15, -0.1) is 0 Å². The highest BCUT2D eigenvalue weighted by atomic mass is 16.7. The molecule has 0 unspecified atom stereocenters. The quantitative estimate of drug-likeness (QED) is 0.327. The number of likely N-dealkylation sites (N-methyl/N-ethyl adjacent to an activating group) is 1. The van der Waals surface area contributed by atoms with Crippen molar-refractivity contribution in [1.82, 2.24) is 19.8 Å². The molecule has 204 valence electrons. The predicted octanol–water partition coefficient (Wildman–Crippen LogP) is 1.64. The molecule has 0 aromatic carbocycles. The summed E-state index contributed by atoms with van der Waals surface area (Å²) in [7, 11) is 8.06. The third-order valence-electron chi connectivity index (χ3n) is 6.05. The number of hydrogen-bond donors (Lipinski definition) is 2. The lowest BCUT2D eigenvalue weighted by atomic mass is 10.1. The average molecular weight is 527 g/mol. The molecule has 13 heteroatoms. The fraction of sp³-hybridized carbons (Fsp3) is 0.480. The Morgan fingerprint density at radius 2 is 2.03 bits per heavy atom. The van der Waals surface area contributed by atoms with Crippen molar-refractivity contribution in [3.8, 4) is 6.07 Å². The van der Waals surface area contributed by atoms with Gasteiger partial charge in [0.15, 0.2) is 0 Å². The van der Waals surface area contributed by atoms with E-state index >= 15 is 0 Å². The Morgan fingerprint density at radius 1 is 1.26 bits per heavy atom. The van der Waals surface area contributed by atoms with Crippen LogP contribution in [0.15, 0.2) is 24.4 Å². The number of anilines is 3. The van der Waals surface area contributed by atoms with Crippen LogP contribution in [0.25, 0.3) is 0 Å². The number of nitriles is 1. The Labute approximate surface area is 222 Å². The summed E-state index contributed by atoms with van der Waals surface area (Å²) in [5.74, 6) is 0.637. The molecule has 1 fully saturated rings. The molecule has 1 aliphatic rings. The molecule has 0 atom stereocenters. The lowest BCUT2D eigenvalue weighted by molar-refractivity contribution is -0.136. The first-order valence-corrected chi connectivity index (χ1v) is 12.0. The predicted molar refractivity (Wildman–Crippen MR) is 141 cm³/mol. The Balaban J connectivity index is 1.80. The summed E-state index contributed by atoms with van der Waals surface area (Å²) in [4.78, 5) is 39.4. The van der Waals surface area contributed by atoms with Crippen molar-refractivity contribution in [3.05, 3.63) is 41.2 Å². The first kappa shape index (κ1) is 28.7. The van der Waals surface area contributed by atoms with Crippen LogP contribution in [-0.4, -0.2) is 99.9 Å². The van der Waals surface area contributed by atoms with E-state index in [-0.39, 0.29) is 11.7 Å². The van der Waals surface area contributed by atoms with Gasteiger partial charge in [-0.05, 0) is 18.7 Å². The maximum Gasteiger partial charge on any atom is 0.328 e. The summed E-state index contributed by atoms with van der Waals surface area (Å²) < 4.78 is 15.9. The van der Waals surface area contributed by atoms with Gasteiger partial charge in [-0.3, -0.25) is 19.9 Å². The number of nitrogens with one attached hydrogen (secondary N) is 2. The third kappa shape index (κ3) is 7.14. The van der Waals surface area contributed by atoms with Crippen LogP contribution >= 0.6 is 0 Å². The number of carbonyl (C=O) groups is 2. The van der Waals surface area contributed by atoms with Gasteiger partial charge in [0, 0.05) is 66.8 Å². The van der Waals surface area contributed by atoms with E-state index in [2.05, 4.69) is 26.7 Å². The number of piperazine rings is 1. The molecule has 0 saturated carbocycles. The number of methoxy groups -OCH3 is 3. The summed E-state index contributed by atoms with van der Waals surface area (Å²) in [5, 5.41) is 15.2. The van der Waals surface area contributed by atoms with E-state index in [1.807, 2.05) is 18.0 Å². The number of hydrogen-bond acceptors (Lipinski definition) is 10. The fourth-order valence-electron chi connectivity index (χ4n) is 3.88. The highest BCUT2D eigenvalue weighted by Crippen LogP contribution is 2.25. The van der Waals surface area contributed by atoms with Crippen LogP contribution in [0.1, 0.15) is 23.1 Å². The van der Waals surface area contributed by atoms with E-state index in [1.165, 1.54) is 25.3 Å². The van der Waals surface area contributed by atoms with Crippen molar-refractivity contribution in [2.45, 2.75) is 12.8 Å². The monoisotopic (exact) mass is 526 g/mol. The van der Waals surface area contributed by atoms with E-state index < -0.39 is 12.3 Å².